The number of carbonyl (C=O) groups excluding carboxylic acids is 3. The highest BCUT2D eigenvalue weighted by Gasteiger charge is 2.36. The monoisotopic (exact) mass is 393 g/mol. The van der Waals surface area contributed by atoms with Gasteiger partial charge in [-0.3, -0.25) is 24.8 Å². The second-order valence-corrected chi connectivity index (χ2v) is 6.56. The molecule has 2 atom stereocenters. The summed E-state index contributed by atoms with van der Waals surface area (Å²) >= 11 is 0. The van der Waals surface area contributed by atoms with Crippen molar-refractivity contribution in [2.24, 2.45) is 5.92 Å². The molecule has 0 saturated carbocycles. The van der Waals surface area contributed by atoms with Crippen molar-refractivity contribution in [2.75, 3.05) is 20.2 Å². The van der Waals surface area contributed by atoms with Gasteiger partial charge in [0.2, 0.25) is 17.7 Å². The van der Waals surface area contributed by atoms with Crippen LogP contribution in [0.4, 0.5) is 0 Å². The number of amides is 3. The first-order chi connectivity index (χ1) is 12.4. The van der Waals surface area contributed by atoms with Crippen molar-refractivity contribution in [1.29, 1.82) is 0 Å². The minimum absolute atomic E-state index is 0.0280. The number of nitrogens with zero attached hydrogens (tertiary/aromatic N) is 2. The van der Waals surface area contributed by atoms with Crippen LogP contribution in [0.1, 0.15) is 46.5 Å². The molecule has 0 aromatic heterocycles. The normalized spacial score (nSPS) is 13.6. The van der Waals surface area contributed by atoms with E-state index in [0.717, 1.165) is 0 Å². The molecule has 158 valence electrons. The topological polar surface area (TPSA) is 160 Å². The van der Waals surface area contributed by atoms with Crippen molar-refractivity contribution in [3.8, 4) is 0 Å². The fourth-order valence-electron chi connectivity index (χ4n) is 2.25. The van der Waals surface area contributed by atoms with E-state index in [1.807, 2.05) is 0 Å². The average Bonchev–Trinajstić information content (AvgIpc) is 2.52. The second kappa shape index (κ2) is 11.8. The van der Waals surface area contributed by atoms with Crippen molar-refractivity contribution in [2.45, 2.75) is 58.5 Å². The molecule has 0 fully saturated rings. The Bertz CT molecular complexity index is 498. The number of nitrogens with one attached hydrogen (secondary N) is 1. The van der Waals surface area contributed by atoms with E-state index in [9.17, 15) is 29.8 Å². The first kappa shape index (κ1) is 25.2. The van der Waals surface area contributed by atoms with E-state index in [1.165, 1.54) is 20.9 Å². The van der Waals surface area contributed by atoms with Gasteiger partial charge in [-0.05, 0) is 25.2 Å². The van der Waals surface area contributed by atoms with Crippen LogP contribution in [0.3, 0.4) is 0 Å². The van der Waals surface area contributed by atoms with E-state index in [4.69, 9.17) is 9.94 Å². The lowest BCUT2D eigenvalue weighted by atomic mass is 10.0. The summed E-state index contributed by atoms with van der Waals surface area (Å²) in [4.78, 5) is 33.7. The molecular weight excluding hydrogens is 362 g/mol. The quantitative estimate of drug-likeness (QED) is 0.167. The zero-order valence-electron chi connectivity index (χ0n) is 16.2. The van der Waals surface area contributed by atoms with E-state index in [2.05, 4.69) is 5.32 Å². The van der Waals surface area contributed by atoms with Crippen LogP contribution < -0.4 is 5.32 Å². The predicted octanol–water partition coefficient (Wildman–Crippen LogP) is -0.572. The van der Waals surface area contributed by atoms with Crippen molar-refractivity contribution >= 4 is 17.7 Å². The van der Waals surface area contributed by atoms with Crippen LogP contribution in [-0.2, 0) is 19.1 Å². The Morgan fingerprint density at radius 2 is 1.74 bits per heavy atom. The van der Waals surface area contributed by atoms with Gasteiger partial charge in [-0.25, -0.2) is 10.1 Å². The number of hydrogen-bond acceptors (Lipinski definition) is 8. The van der Waals surface area contributed by atoms with E-state index >= 15 is 0 Å². The van der Waals surface area contributed by atoms with Gasteiger partial charge in [0.05, 0.1) is 6.61 Å². The van der Waals surface area contributed by atoms with Gasteiger partial charge in [-0.2, -0.15) is 0 Å². The lowest BCUT2D eigenvalue weighted by Gasteiger charge is -2.31. The van der Waals surface area contributed by atoms with Crippen LogP contribution in [0.25, 0.3) is 0 Å². The summed E-state index contributed by atoms with van der Waals surface area (Å²) in [6, 6.07) is -1.18. The maximum atomic E-state index is 11.4. The maximum Gasteiger partial charge on any atom is 0.299 e. The summed E-state index contributed by atoms with van der Waals surface area (Å²) in [5, 5.41) is 42.0. The summed E-state index contributed by atoms with van der Waals surface area (Å²) in [7, 11) is 1.22. The predicted molar refractivity (Wildman–Crippen MR) is 92.1 cm³/mol. The zero-order chi connectivity index (χ0) is 21.2. The summed E-state index contributed by atoms with van der Waals surface area (Å²) < 4.78 is 5.08. The summed E-state index contributed by atoms with van der Waals surface area (Å²) in [6.45, 7) is 3.97. The molecule has 0 aromatic rings. The smallest absolute Gasteiger partial charge is 0.299 e. The number of hydroxylamine groups is 4. The molecule has 0 spiro atoms. The lowest BCUT2D eigenvalue weighted by molar-refractivity contribution is -0.352. The van der Waals surface area contributed by atoms with Crippen LogP contribution in [0.2, 0.25) is 0 Å². The molecule has 0 aliphatic carbocycles. The van der Waals surface area contributed by atoms with Gasteiger partial charge in [0.25, 0.3) is 5.97 Å². The molecule has 0 aliphatic heterocycles. The highest BCUT2D eigenvalue weighted by atomic mass is 16.8. The van der Waals surface area contributed by atoms with Crippen molar-refractivity contribution < 1.29 is 39.7 Å². The minimum atomic E-state index is -2.67. The molecular formula is C16H31N3O8. The number of carbonyl (C=O) groups is 3. The largest absolute Gasteiger partial charge is 0.346 e. The van der Waals surface area contributed by atoms with Crippen LogP contribution in [-0.4, -0.2) is 80.7 Å². The Labute approximate surface area is 158 Å². The van der Waals surface area contributed by atoms with Crippen LogP contribution in [0.5, 0.6) is 0 Å². The molecule has 0 bridgehead atoms. The van der Waals surface area contributed by atoms with Gasteiger partial charge < -0.3 is 20.3 Å². The van der Waals surface area contributed by atoms with Gasteiger partial charge in [0.15, 0.2) is 0 Å². The molecule has 0 aromatic carbocycles. The van der Waals surface area contributed by atoms with Crippen molar-refractivity contribution in [1.82, 2.24) is 15.4 Å². The number of rotatable bonds is 12. The molecule has 27 heavy (non-hydrogen) atoms. The number of aliphatic hydroxyl groups is 2. The first-order valence-corrected chi connectivity index (χ1v) is 8.65. The van der Waals surface area contributed by atoms with Crippen molar-refractivity contribution in [3.05, 3.63) is 0 Å². The van der Waals surface area contributed by atoms with Gasteiger partial charge >= 0.3 is 0 Å². The highest BCUT2D eigenvalue weighted by Crippen LogP contribution is 2.17. The maximum absolute atomic E-state index is 11.4. The fraction of sp³-hybridized carbons (Fsp3) is 0.812. The Kier molecular flexibility index (Phi) is 11.0. The van der Waals surface area contributed by atoms with E-state index in [0.29, 0.717) is 16.5 Å². The Hall–Kier alpha value is -1.79. The molecule has 3 amide bonds. The van der Waals surface area contributed by atoms with Crippen LogP contribution in [0, 0.1) is 5.92 Å². The molecule has 1 unspecified atom stereocenters. The summed E-state index contributed by atoms with van der Waals surface area (Å²) in [5.74, 6) is -4.38. The van der Waals surface area contributed by atoms with Gasteiger partial charge in [0, 0.05) is 33.9 Å². The summed E-state index contributed by atoms with van der Waals surface area (Å²) in [6.07, 6.45) is 0.581. The van der Waals surface area contributed by atoms with Crippen LogP contribution in [0.15, 0.2) is 0 Å². The minimum Gasteiger partial charge on any atom is -0.346 e. The zero-order valence-corrected chi connectivity index (χ0v) is 16.2. The highest BCUT2D eigenvalue weighted by molar-refractivity contribution is 5.74. The number of ether oxygens (including phenoxy) is 1. The molecule has 0 aliphatic rings. The van der Waals surface area contributed by atoms with Gasteiger partial charge in [0.1, 0.15) is 6.04 Å². The molecule has 0 rings (SSSR count). The Morgan fingerprint density at radius 1 is 1.15 bits per heavy atom. The molecule has 0 heterocycles. The molecule has 5 N–H and O–H groups in total. The van der Waals surface area contributed by atoms with Gasteiger partial charge in [-0.1, -0.05) is 6.92 Å². The van der Waals surface area contributed by atoms with Gasteiger partial charge in [-0.15, -0.1) is 0 Å². The molecule has 0 radical (unpaired) electrons. The number of hydrogen-bond donors (Lipinski definition) is 5. The van der Waals surface area contributed by atoms with E-state index < -0.39 is 29.7 Å². The third kappa shape index (κ3) is 10.8. The van der Waals surface area contributed by atoms with E-state index in [-0.39, 0.29) is 38.3 Å². The first-order valence-electron chi connectivity index (χ1n) is 8.65. The Morgan fingerprint density at radius 3 is 2.22 bits per heavy atom. The average molecular weight is 393 g/mol. The standard InChI is InChI=1S/C16H31N3O8/c1-11(10-15(22)18(4)25)7-9-27-16(23,24)14(17-12(2)20)6-5-8-19(26)13(3)21/h11,14,23-26H,5-10H2,1-4H3,(H,17,20)/t11?,14-/m0/s1. The summed E-state index contributed by atoms with van der Waals surface area (Å²) in [5.41, 5.74) is 0. The van der Waals surface area contributed by atoms with Crippen LogP contribution >= 0.6 is 0 Å². The van der Waals surface area contributed by atoms with Crippen molar-refractivity contribution in [3.63, 3.8) is 0 Å². The second-order valence-electron chi connectivity index (χ2n) is 6.56. The molecule has 0 saturated heterocycles. The van der Waals surface area contributed by atoms with E-state index in [1.54, 1.807) is 6.92 Å². The Balaban J connectivity index is 4.59. The fourth-order valence-corrected chi connectivity index (χ4v) is 2.25. The lowest BCUT2D eigenvalue weighted by Crippen LogP contribution is -2.54. The third-order valence-corrected chi connectivity index (χ3v) is 3.87. The molecule has 11 nitrogen and oxygen atoms in total. The SMILES string of the molecule is CC(=O)N[C@@H](CCCN(O)C(C)=O)C(O)(O)OCCC(C)CC(=O)N(C)O. The third-order valence-electron chi connectivity index (χ3n) is 3.87. The molecule has 11 heteroatoms.